The summed E-state index contributed by atoms with van der Waals surface area (Å²) in [5, 5.41) is 8.86. The minimum atomic E-state index is -3.76. The Morgan fingerprint density at radius 3 is 2.76 bits per heavy atom. The fourth-order valence-electron chi connectivity index (χ4n) is 1.79. The van der Waals surface area contributed by atoms with Crippen molar-refractivity contribution in [1.82, 2.24) is 4.72 Å². The van der Waals surface area contributed by atoms with E-state index < -0.39 is 16.0 Å². The molecule has 1 aliphatic heterocycles. The summed E-state index contributed by atoms with van der Waals surface area (Å²) in [7, 11) is -3.76. The summed E-state index contributed by atoms with van der Waals surface area (Å²) in [5.41, 5.74) is 0.00448. The van der Waals surface area contributed by atoms with E-state index in [9.17, 15) is 13.2 Å². The molecule has 1 aromatic carbocycles. The first-order valence-corrected chi connectivity index (χ1v) is 8.39. The van der Waals surface area contributed by atoms with Crippen LogP contribution >= 0.6 is 15.9 Å². The Morgan fingerprint density at radius 2 is 2.19 bits per heavy atom. The number of hydrogen-bond acceptors (Lipinski definition) is 5. The van der Waals surface area contributed by atoms with Crippen molar-refractivity contribution in [1.29, 1.82) is 0 Å². The molecule has 0 aliphatic carbocycles. The van der Waals surface area contributed by atoms with Crippen molar-refractivity contribution in [3.05, 3.63) is 28.2 Å². The fourth-order valence-corrected chi connectivity index (χ4v) is 3.93. The van der Waals surface area contributed by atoms with E-state index in [1.54, 1.807) is 0 Å². The van der Waals surface area contributed by atoms with Gasteiger partial charge in [0, 0.05) is 11.0 Å². The third-order valence-electron chi connectivity index (χ3n) is 2.85. The Morgan fingerprint density at radius 1 is 1.43 bits per heavy atom. The first kappa shape index (κ1) is 16.4. The predicted octanol–water partition coefficient (Wildman–Crippen LogP) is 0.841. The van der Waals surface area contributed by atoms with E-state index in [1.165, 1.54) is 18.2 Å². The van der Waals surface area contributed by atoms with Gasteiger partial charge in [0.1, 0.15) is 0 Å². The SMILES string of the molecule is O=C(O)c1ccc(S(=O)(=O)NCC2COCCO2)c(Br)c1. The molecule has 1 saturated heterocycles. The third kappa shape index (κ3) is 4.24. The number of halogens is 1. The second-order valence-electron chi connectivity index (χ2n) is 4.37. The zero-order chi connectivity index (χ0) is 15.5. The monoisotopic (exact) mass is 379 g/mol. The van der Waals surface area contributed by atoms with Crippen LogP contribution in [0.5, 0.6) is 0 Å². The molecule has 0 radical (unpaired) electrons. The molecule has 1 heterocycles. The van der Waals surface area contributed by atoms with Gasteiger partial charge in [-0.1, -0.05) is 0 Å². The van der Waals surface area contributed by atoms with Gasteiger partial charge < -0.3 is 14.6 Å². The van der Waals surface area contributed by atoms with E-state index in [4.69, 9.17) is 14.6 Å². The van der Waals surface area contributed by atoms with Gasteiger partial charge in [-0.2, -0.15) is 0 Å². The molecule has 21 heavy (non-hydrogen) atoms. The molecule has 2 N–H and O–H groups in total. The third-order valence-corrected chi connectivity index (χ3v) is 5.25. The number of carbonyl (C=O) groups is 1. The van der Waals surface area contributed by atoms with Gasteiger partial charge in [-0.15, -0.1) is 0 Å². The van der Waals surface area contributed by atoms with Crippen molar-refractivity contribution in [2.24, 2.45) is 0 Å². The number of nitrogens with one attached hydrogen (secondary N) is 1. The highest BCUT2D eigenvalue weighted by atomic mass is 79.9. The van der Waals surface area contributed by atoms with Gasteiger partial charge >= 0.3 is 5.97 Å². The van der Waals surface area contributed by atoms with Crippen LogP contribution in [-0.2, 0) is 19.5 Å². The van der Waals surface area contributed by atoms with Gasteiger partial charge in [0.2, 0.25) is 10.0 Å². The smallest absolute Gasteiger partial charge is 0.335 e. The molecule has 1 aliphatic rings. The molecule has 116 valence electrons. The van der Waals surface area contributed by atoms with Crippen LogP contribution < -0.4 is 4.72 Å². The minimum absolute atomic E-state index is 0.00448. The maximum absolute atomic E-state index is 12.2. The van der Waals surface area contributed by atoms with Crippen LogP contribution in [0.4, 0.5) is 0 Å². The summed E-state index contributed by atoms with van der Waals surface area (Å²) in [5.74, 6) is -1.12. The number of carboxylic acid groups (broad SMARTS) is 1. The van der Waals surface area contributed by atoms with Gasteiger partial charge in [-0.05, 0) is 34.1 Å². The molecular weight excluding hydrogens is 366 g/mol. The molecule has 0 saturated carbocycles. The second kappa shape index (κ2) is 6.84. The number of hydrogen-bond donors (Lipinski definition) is 2. The second-order valence-corrected chi connectivity index (χ2v) is 6.96. The van der Waals surface area contributed by atoms with Gasteiger partial charge in [-0.25, -0.2) is 17.9 Å². The summed E-state index contributed by atoms with van der Waals surface area (Å²) in [6.45, 7) is 1.37. The fraction of sp³-hybridized carbons (Fsp3) is 0.417. The molecular formula is C12H14BrNO6S. The van der Waals surface area contributed by atoms with Crippen molar-refractivity contribution < 1.29 is 27.8 Å². The molecule has 7 nitrogen and oxygen atoms in total. The van der Waals surface area contributed by atoms with Crippen molar-refractivity contribution in [3.8, 4) is 0 Å². The molecule has 0 aromatic heterocycles. The average Bonchev–Trinajstić information content (AvgIpc) is 2.46. The zero-order valence-electron chi connectivity index (χ0n) is 10.9. The van der Waals surface area contributed by atoms with Crippen molar-refractivity contribution in [2.75, 3.05) is 26.4 Å². The summed E-state index contributed by atoms with van der Waals surface area (Å²) in [6.07, 6.45) is -0.328. The molecule has 1 unspecified atom stereocenters. The first-order valence-electron chi connectivity index (χ1n) is 6.12. The summed E-state index contributed by atoms with van der Waals surface area (Å²) >= 11 is 3.08. The minimum Gasteiger partial charge on any atom is -0.478 e. The van der Waals surface area contributed by atoms with Crippen molar-refractivity contribution in [3.63, 3.8) is 0 Å². The lowest BCUT2D eigenvalue weighted by molar-refractivity contribution is -0.0846. The number of rotatable bonds is 5. The highest BCUT2D eigenvalue weighted by molar-refractivity contribution is 9.10. The number of benzene rings is 1. The van der Waals surface area contributed by atoms with Gasteiger partial charge in [0.05, 0.1) is 36.4 Å². The standard InChI is InChI=1S/C12H14BrNO6S/c13-10-5-8(12(15)16)1-2-11(10)21(17,18)14-6-9-7-19-3-4-20-9/h1-2,5,9,14H,3-4,6-7H2,(H,15,16). The first-order chi connectivity index (χ1) is 9.90. The van der Waals surface area contributed by atoms with Crippen LogP contribution in [0.25, 0.3) is 0 Å². The van der Waals surface area contributed by atoms with Gasteiger partial charge in [0.25, 0.3) is 0 Å². The van der Waals surface area contributed by atoms with E-state index in [0.717, 1.165) is 0 Å². The predicted molar refractivity (Wildman–Crippen MR) is 76.8 cm³/mol. The number of sulfonamides is 1. The van der Waals surface area contributed by atoms with Crippen LogP contribution in [0, 0.1) is 0 Å². The lowest BCUT2D eigenvalue weighted by Gasteiger charge is -2.23. The van der Waals surface area contributed by atoms with Crippen LogP contribution in [0.1, 0.15) is 10.4 Å². The van der Waals surface area contributed by atoms with Crippen LogP contribution in [-0.4, -0.2) is 52.0 Å². The Labute approximate surface area is 130 Å². The zero-order valence-corrected chi connectivity index (χ0v) is 13.3. The number of carboxylic acids is 1. The van der Waals surface area contributed by atoms with Crippen LogP contribution in [0.2, 0.25) is 0 Å². The molecule has 1 atom stereocenters. The van der Waals surface area contributed by atoms with E-state index in [0.29, 0.717) is 19.8 Å². The summed E-state index contributed by atoms with van der Waals surface area (Å²) in [6, 6.07) is 3.73. The highest BCUT2D eigenvalue weighted by Gasteiger charge is 2.22. The van der Waals surface area contributed by atoms with E-state index in [-0.39, 0.29) is 27.6 Å². The molecule has 0 amide bonds. The largest absolute Gasteiger partial charge is 0.478 e. The molecule has 1 fully saturated rings. The Kier molecular flexibility index (Phi) is 5.33. The molecule has 9 heteroatoms. The quantitative estimate of drug-likeness (QED) is 0.785. The molecule has 0 bridgehead atoms. The highest BCUT2D eigenvalue weighted by Crippen LogP contribution is 2.23. The van der Waals surface area contributed by atoms with E-state index >= 15 is 0 Å². The van der Waals surface area contributed by atoms with E-state index in [1.807, 2.05) is 0 Å². The summed E-state index contributed by atoms with van der Waals surface area (Å²) < 4.78 is 37.5. The van der Waals surface area contributed by atoms with Crippen molar-refractivity contribution in [2.45, 2.75) is 11.0 Å². The topological polar surface area (TPSA) is 102 Å². The summed E-state index contributed by atoms with van der Waals surface area (Å²) in [4.78, 5) is 10.8. The van der Waals surface area contributed by atoms with Crippen LogP contribution in [0.3, 0.4) is 0 Å². The number of aromatic carboxylic acids is 1. The average molecular weight is 380 g/mol. The Bertz CT molecular complexity index is 627. The van der Waals surface area contributed by atoms with Gasteiger partial charge in [0.15, 0.2) is 0 Å². The van der Waals surface area contributed by atoms with Crippen LogP contribution in [0.15, 0.2) is 27.6 Å². The maximum atomic E-state index is 12.2. The van der Waals surface area contributed by atoms with E-state index in [2.05, 4.69) is 20.7 Å². The molecule has 0 spiro atoms. The Hall–Kier alpha value is -1.00. The molecule has 1 aromatic rings. The number of ether oxygens (including phenoxy) is 2. The molecule has 2 rings (SSSR count). The maximum Gasteiger partial charge on any atom is 0.335 e. The normalized spacial score (nSPS) is 19.4. The Balaban J connectivity index is 2.10. The van der Waals surface area contributed by atoms with Crippen molar-refractivity contribution >= 4 is 31.9 Å². The lowest BCUT2D eigenvalue weighted by Crippen LogP contribution is -2.39. The van der Waals surface area contributed by atoms with Gasteiger partial charge in [-0.3, -0.25) is 0 Å². The lowest BCUT2D eigenvalue weighted by atomic mass is 10.2.